The van der Waals surface area contributed by atoms with Crippen molar-refractivity contribution in [3.05, 3.63) is 47.1 Å². The number of benzene rings is 1. The number of rotatable bonds is 4. The molecule has 3 heterocycles. The summed E-state index contributed by atoms with van der Waals surface area (Å²) in [6.07, 6.45) is 4.36. The number of carbonyl (C=O) groups is 3. The van der Waals surface area contributed by atoms with Gasteiger partial charge in [-0.15, -0.1) is 11.3 Å². The van der Waals surface area contributed by atoms with Crippen LogP contribution in [-0.4, -0.2) is 46.1 Å². The Labute approximate surface area is 202 Å². The predicted octanol–water partition coefficient (Wildman–Crippen LogP) is 5.47. The summed E-state index contributed by atoms with van der Waals surface area (Å²) in [5, 5.41) is 6.47. The van der Waals surface area contributed by atoms with E-state index in [9.17, 15) is 14.4 Å². The first kappa shape index (κ1) is 23.8. The van der Waals surface area contributed by atoms with Gasteiger partial charge in [0.1, 0.15) is 11.3 Å². The van der Waals surface area contributed by atoms with Crippen molar-refractivity contribution in [1.82, 2.24) is 9.47 Å². The third-order valence-electron chi connectivity index (χ3n) is 5.51. The molecule has 1 aliphatic heterocycles. The smallest absolute Gasteiger partial charge is 0.412 e. The van der Waals surface area contributed by atoms with E-state index >= 15 is 0 Å². The highest BCUT2D eigenvalue weighted by molar-refractivity contribution is 7.20. The number of anilines is 2. The second-order valence-electron chi connectivity index (χ2n) is 9.52. The van der Waals surface area contributed by atoms with E-state index in [1.54, 1.807) is 44.6 Å². The summed E-state index contributed by atoms with van der Waals surface area (Å²) < 4.78 is 7.90. The maximum Gasteiger partial charge on any atom is 0.412 e. The third kappa shape index (κ3) is 5.59. The fourth-order valence-corrected chi connectivity index (χ4v) is 4.97. The molecule has 180 valence electrons. The number of hydrogen-bond donors (Lipinski definition) is 2. The number of nitrogens with zero attached hydrogens (tertiary/aromatic N) is 2. The van der Waals surface area contributed by atoms with E-state index in [1.165, 1.54) is 17.8 Å². The summed E-state index contributed by atoms with van der Waals surface area (Å²) in [6.45, 7) is 6.99. The van der Waals surface area contributed by atoms with Crippen LogP contribution in [0.15, 0.2) is 36.5 Å². The van der Waals surface area contributed by atoms with E-state index in [1.807, 2.05) is 29.2 Å². The molecule has 3 aromatic rings. The zero-order valence-corrected chi connectivity index (χ0v) is 20.8. The number of hydrogen-bond acceptors (Lipinski definition) is 5. The Balaban J connectivity index is 1.45. The molecule has 3 amide bonds. The minimum absolute atomic E-state index is 0.0836. The second-order valence-corrected chi connectivity index (χ2v) is 10.6. The number of fused-ring (bicyclic) bond motifs is 1. The number of amides is 3. The molecule has 34 heavy (non-hydrogen) atoms. The Bertz CT molecular complexity index is 1230. The lowest BCUT2D eigenvalue weighted by atomic mass is 10.1. The molecule has 0 atom stereocenters. The number of thiophene rings is 1. The van der Waals surface area contributed by atoms with Gasteiger partial charge in [-0.25, -0.2) is 4.79 Å². The molecule has 4 rings (SSSR count). The molecule has 8 nitrogen and oxygen atoms in total. The van der Waals surface area contributed by atoms with E-state index in [4.69, 9.17) is 4.74 Å². The largest absolute Gasteiger partial charge is 0.444 e. The lowest BCUT2D eigenvalue weighted by molar-refractivity contribution is 0.0635. The molecule has 1 saturated heterocycles. The van der Waals surface area contributed by atoms with Gasteiger partial charge >= 0.3 is 6.09 Å². The number of ether oxygens (including phenoxy) is 1. The van der Waals surface area contributed by atoms with Gasteiger partial charge in [0, 0.05) is 36.7 Å². The zero-order chi connectivity index (χ0) is 24.5. The first-order chi connectivity index (χ1) is 16.1. The quantitative estimate of drug-likeness (QED) is 0.516. The van der Waals surface area contributed by atoms with Crippen molar-refractivity contribution in [2.24, 2.45) is 7.05 Å². The Morgan fingerprint density at radius 3 is 2.41 bits per heavy atom. The first-order valence-electron chi connectivity index (χ1n) is 11.4. The van der Waals surface area contributed by atoms with Crippen LogP contribution in [0.1, 0.15) is 60.2 Å². The van der Waals surface area contributed by atoms with Gasteiger partial charge in [0.05, 0.1) is 10.6 Å². The number of nitrogens with one attached hydrogen (secondary N) is 2. The Morgan fingerprint density at radius 2 is 1.71 bits per heavy atom. The van der Waals surface area contributed by atoms with Crippen molar-refractivity contribution in [2.75, 3.05) is 23.7 Å². The fraction of sp³-hybridized carbons (Fsp3) is 0.400. The van der Waals surface area contributed by atoms with Crippen LogP contribution < -0.4 is 10.6 Å². The van der Waals surface area contributed by atoms with Crippen molar-refractivity contribution in [3.8, 4) is 0 Å². The molecule has 0 aliphatic carbocycles. The Morgan fingerprint density at radius 1 is 0.971 bits per heavy atom. The molecule has 2 N–H and O–H groups in total. The van der Waals surface area contributed by atoms with Crippen LogP contribution in [0.3, 0.4) is 0 Å². The van der Waals surface area contributed by atoms with Gasteiger partial charge in [-0.05, 0) is 75.8 Å². The normalized spacial score (nSPS) is 14.2. The Hall–Kier alpha value is -3.33. The minimum Gasteiger partial charge on any atom is -0.444 e. The van der Waals surface area contributed by atoms with E-state index in [0.717, 1.165) is 40.9 Å². The molecular weight excluding hydrogens is 452 g/mol. The summed E-state index contributed by atoms with van der Waals surface area (Å²) >= 11 is 1.48. The van der Waals surface area contributed by atoms with Crippen LogP contribution in [0.2, 0.25) is 0 Å². The van der Waals surface area contributed by atoms with Gasteiger partial charge in [0.2, 0.25) is 0 Å². The van der Waals surface area contributed by atoms with Gasteiger partial charge < -0.3 is 19.5 Å². The molecule has 0 radical (unpaired) electrons. The topological polar surface area (TPSA) is 92.7 Å². The number of likely N-dealkylation sites (tertiary alicyclic amines) is 1. The molecule has 0 bridgehead atoms. The SMILES string of the molecule is Cn1cc(NC(=O)OC(C)(C)C)cc1C(=O)Nc1ccc2sc(C(=O)N3CCCCC3)cc2c1. The van der Waals surface area contributed by atoms with E-state index in [-0.39, 0.29) is 11.8 Å². The summed E-state index contributed by atoms with van der Waals surface area (Å²) in [6, 6.07) is 9.12. The predicted molar refractivity (Wildman–Crippen MR) is 135 cm³/mol. The van der Waals surface area contributed by atoms with Gasteiger partial charge in [-0.2, -0.15) is 0 Å². The molecule has 1 aliphatic rings. The van der Waals surface area contributed by atoms with E-state index < -0.39 is 11.7 Å². The summed E-state index contributed by atoms with van der Waals surface area (Å²) in [7, 11) is 1.73. The molecule has 9 heteroatoms. The lowest BCUT2D eigenvalue weighted by Crippen LogP contribution is -2.35. The molecule has 0 saturated carbocycles. The molecule has 1 fully saturated rings. The number of piperidine rings is 1. The summed E-state index contributed by atoms with van der Waals surface area (Å²) in [4.78, 5) is 40.4. The summed E-state index contributed by atoms with van der Waals surface area (Å²) in [5.41, 5.74) is 0.876. The summed E-state index contributed by atoms with van der Waals surface area (Å²) in [5.74, 6) is -0.223. The first-order valence-corrected chi connectivity index (χ1v) is 12.2. The molecule has 0 spiro atoms. The highest BCUT2D eigenvalue weighted by Crippen LogP contribution is 2.30. The highest BCUT2D eigenvalue weighted by Gasteiger charge is 2.21. The van der Waals surface area contributed by atoms with Crippen molar-refractivity contribution < 1.29 is 19.1 Å². The van der Waals surface area contributed by atoms with Crippen LogP contribution in [0.25, 0.3) is 10.1 Å². The van der Waals surface area contributed by atoms with Crippen LogP contribution in [0, 0.1) is 0 Å². The average Bonchev–Trinajstić information content (AvgIpc) is 3.35. The van der Waals surface area contributed by atoms with E-state index in [2.05, 4.69) is 10.6 Å². The van der Waals surface area contributed by atoms with Crippen molar-refractivity contribution in [1.29, 1.82) is 0 Å². The van der Waals surface area contributed by atoms with Crippen LogP contribution in [-0.2, 0) is 11.8 Å². The number of aryl methyl sites for hydroxylation is 1. The fourth-order valence-electron chi connectivity index (χ4n) is 3.95. The van der Waals surface area contributed by atoms with Gasteiger partial charge in [0.25, 0.3) is 11.8 Å². The number of aromatic nitrogens is 1. The Kier molecular flexibility index (Phi) is 6.65. The van der Waals surface area contributed by atoms with Crippen molar-refractivity contribution in [3.63, 3.8) is 0 Å². The molecule has 1 aromatic carbocycles. The standard InChI is InChI=1S/C25H30N4O4S/c1-25(2,3)33-24(32)27-18-14-19(28(4)15-18)22(30)26-17-8-9-20-16(12-17)13-21(34-20)23(31)29-10-6-5-7-11-29/h8-9,12-15H,5-7,10-11H2,1-4H3,(H,26,30)(H,27,32). The van der Waals surface area contributed by atoms with Crippen LogP contribution >= 0.6 is 11.3 Å². The van der Waals surface area contributed by atoms with Gasteiger partial charge in [-0.3, -0.25) is 14.9 Å². The maximum atomic E-state index is 12.9. The molecule has 0 unspecified atom stereocenters. The maximum absolute atomic E-state index is 12.9. The average molecular weight is 483 g/mol. The third-order valence-corrected chi connectivity index (χ3v) is 6.62. The monoisotopic (exact) mass is 482 g/mol. The second kappa shape index (κ2) is 9.50. The molecular formula is C25H30N4O4S. The highest BCUT2D eigenvalue weighted by atomic mass is 32.1. The van der Waals surface area contributed by atoms with Gasteiger partial charge in [-0.1, -0.05) is 0 Å². The minimum atomic E-state index is -0.613. The van der Waals surface area contributed by atoms with E-state index in [0.29, 0.717) is 17.1 Å². The van der Waals surface area contributed by atoms with Gasteiger partial charge in [0.15, 0.2) is 0 Å². The van der Waals surface area contributed by atoms with Crippen LogP contribution in [0.4, 0.5) is 16.2 Å². The van der Waals surface area contributed by atoms with Crippen molar-refractivity contribution in [2.45, 2.75) is 45.6 Å². The van der Waals surface area contributed by atoms with Crippen molar-refractivity contribution >= 4 is 50.7 Å². The molecule has 2 aromatic heterocycles. The lowest BCUT2D eigenvalue weighted by Gasteiger charge is -2.26. The number of carbonyl (C=O) groups excluding carboxylic acids is 3. The zero-order valence-electron chi connectivity index (χ0n) is 19.9. The van der Waals surface area contributed by atoms with Crippen LogP contribution in [0.5, 0.6) is 0 Å².